The third-order valence-electron chi connectivity index (χ3n) is 3.08. The lowest BCUT2D eigenvalue weighted by Gasteiger charge is -2.10. The smallest absolute Gasteiger partial charge is 0.201 e. The van der Waals surface area contributed by atoms with Crippen molar-refractivity contribution in [2.24, 2.45) is 0 Å². The minimum atomic E-state index is 0.107. The molecule has 0 unspecified atom stereocenters. The number of imidazole rings is 1. The van der Waals surface area contributed by atoms with Crippen molar-refractivity contribution in [3.05, 3.63) is 39.0 Å². The number of ether oxygens (including phenoxy) is 1. The van der Waals surface area contributed by atoms with Gasteiger partial charge in [0.05, 0.1) is 22.0 Å². The molecule has 0 atom stereocenters. The summed E-state index contributed by atoms with van der Waals surface area (Å²) in [5.41, 5.74) is 7.91. The summed E-state index contributed by atoms with van der Waals surface area (Å²) in [6.07, 6.45) is 0.107. The monoisotopic (exact) mass is 365 g/mol. The summed E-state index contributed by atoms with van der Waals surface area (Å²) in [7, 11) is 0. The van der Waals surface area contributed by atoms with Crippen LogP contribution >= 0.6 is 27.3 Å². The van der Waals surface area contributed by atoms with Gasteiger partial charge in [-0.25, -0.2) is 4.98 Å². The summed E-state index contributed by atoms with van der Waals surface area (Å²) >= 11 is 5.18. The van der Waals surface area contributed by atoms with Gasteiger partial charge in [0.1, 0.15) is 11.3 Å². The highest BCUT2D eigenvalue weighted by atomic mass is 79.9. The largest absolute Gasteiger partial charge is 0.489 e. The van der Waals surface area contributed by atoms with E-state index in [1.807, 2.05) is 42.7 Å². The van der Waals surface area contributed by atoms with Crippen LogP contribution in [0.5, 0.6) is 5.75 Å². The molecule has 0 aliphatic carbocycles. The maximum Gasteiger partial charge on any atom is 0.201 e. The first kappa shape index (κ1) is 14.4. The number of benzene rings is 1. The number of hydrogen-bond acceptors (Lipinski definition) is 4. The van der Waals surface area contributed by atoms with E-state index in [0.29, 0.717) is 12.5 Å². The number of nitrogens with zero attached hydrogens (tertiary/aromatic N) is 2. The van der Waals surface area contributed by atoms with E-state index >= 15 is 0 Å². The Bertz CT molecular complexity index is 778. The maximum absolute atomic E-state index is 6.10. The van der Waals surface area contributed by atoms with Crippen molar-refractivity contribution in [1.82, 2.24) is 9.55 Å². The number of hydrogen-bond donors (Lipinski definition) is 1. The van der Waals surface area contributed by atoms with Gasteiger partial charge in [0, 0.05) is 4.88 Å². The SMILES string of the molecule is CC(C)Oc1cccc2c1nc(N)n2Cc1ccc(Br)s1. The second-order valence-electron chi connectivity index (χ2n) is 5.05. The van der Waals surface area contributed by atoms with Crippen LogP contribution in [0.3, 0.4) is 0 Å². The molecular formula is C15H16BrN3OS. The van der Waals surface area contributed by atoms with Crippen LogP contribution in [0.1, 0.15) is 18.7 Å². The van der Waals surface area contributed by atoms with Crippen molar-refractivity contribution < 1.29 is 4.74 Å². The van der Waals surface area contributed by atoms with Gasteiger partial charge >= 0.3 is 0 Å². The summed E-state index contributed by atoms with van der Waals surface area (Å²) in [6.45, 7) is 4.72. The molecule has 2 N–H and O–H groups in total. The molecule has 0 radical (unpaired) electrons. The predicted molar refractivity (Wildman–Crippen MR) is 91.0 cm³/mol. The molecule has 6 heteroatoms. The molecule has 1 aromatic carbocycles. The van der Waals surface area contributed by atoms with Crippen LogP contribution in [-0.4, -0.2) is 15.7 Å². The van der Waals surface area contributed by atoms with Gasteiger partial charge < -0.3 is 15.0 Å². The van der Waals surface area contributed by atoms with Gasteiger partial charge in [-0.3, -0.25) is 0 Å². The zero-order valence-corrected chi connectivity index (χ0v) is 14.2. The topological polar surface area (TPSA) is 53.1 Å². The highest BCUT2D eigenvalue weighted by molar-refractivity contribution is 9.11. The van der Waals surface area contributed by atoms with E-state index in [4.69, 9.17) is 10.5 Å². The summed E-state index contributed by atoms with van der Waals surface area (Å²) in [6, 6.07) is 10.1. The Morgan fingerprint density at radius 3 is 2.81 bits per heavy atom. The van der Waals surface area contributed by atoms with E-state index in [0.717, 1.165) is 20.6 Å². The lowest BCUT2D eigenvalue weighted by molar-refractivity contribution is 0.245. The summed E-state index contributed by atoms with van der Waals surface area (Å²) in [5.74, 6) is 1.29. The van der Waals surface area contributed by atoms with Crippen molar-refractivity contribution in [2.45, 2.75) is 26.5 Å². The van der Waals surface area contributed by atoms with Gasteiger partial charge in [0.2, 0.25) is 5.95 Å². The van der Waals surface area contributed by atoms with Crippen LogP contribution in [0.2, 0.25) is 0 Å². The van der Waals surface area contributed by atoms with Crippen LogP contribution in [0.4, 0.5) is 5.95 Å². The first-order chi connectivity index (χ1) is 10.0. The Morgan fingerprint density at radius 2 is 2.14 bits per heavy atom. The zero-order chi connectivity index (χ0) is 15.0. The van der Waals surface area contributed by atoms with Crippen LogP contribution < -0.4 is 10.5 Å². The van der Waals surface area contributed by atoms with E-state index in [9.17, 15) is 0 Å². The molecule has 0 spiro atoms. The van der Waals surface area contributed by atoms with E-state index < -0.39 is 0 Å². The molecule has 2 aromatic heterocycles. The predicted octanol–water partition coefficient (Wildman–Crippen LogP) is 4.28. The minimum absolute atomic E-state index is 0.107. The molecule has 0 fully saturated rings. The van der Waals surface area contributed by atoms with Gasteiger partial charge in [-0.1, -0.05) is 6.07 Å². The molecule has 3 aromatic rings. The Balaban J connectivity index is 2.05. The van der Waals surface area contributed by atoms with Gasteiger partial charge in [-0.05, 0) is 54.0 Å². The second-order valence-corrected chi connectivity index (χ2v) is 7.60. The average molecular weight is 366 g/mol. The fraction of sp³-hybridized carbons (Fsp3) is 0.267. The minimum Gasteiger partial charge on any atom is -0.489 e. The molecule has 2 heterocycles. The number of halogens is 1. The van der Waals surface area contributed by atoms with Gasteiger partial charge in [0.15, 0.2) is 0 Å². The Kier molecular flexibility index (Phi) is 3.91. The molecule has 0 aliphatic rings. The number of fused-ring (bicyclic) bond motifs is 1. The number of rotatable bonds is 4. The fourth-order valence-corrected chi connectivity index (χ4v) is 3.72. The van der Waals surface area contributed by atoms with E-state index in [2.05, 4.69) is 27.0 Å². The van der Waals surface area contributed by atoms with Crippen molar-refractivity contribution in [3.63, 3.8) is 0 Å². The highest BCUT2D eigenvalue weighted by Gasteiger charge is 2.14. The Morgan fingerprint density at radius 1 is 1.33 bits per heavy atom. The lowest BCUT2D eigenvalue weighted by atomic mass is 10.3. The molecule has 110 valence electrons. The summed E-state index contributed by atoms with van der Waals surface area (Å²) < 4.78 is 8.94. The third-order valence-corrected chi connectivity index (χ3v) is 4.69. The maximum atomic E-state index is 6.10. The second kappa shape index (κ2) is 5.69. The number of anilines is 1. The molecule has 0 saturated carbocycles. The molecule has 0 saturated heterocycles. The molecular weight excluding hydrogens is 350 g/mol. The fourth-order valence-electron chi connectivity index (χ4n) is 2.25. The van der Waals surface area contributed by atoms with E-state index in [1.54, 1.807) is 11.3 Å². The van der Waals surface area contributed by atoms with Crippen LogP contribution in [0.15, 0.2) is 34.1 Å². The van der Waals surface area contributed by atoms with E-state index in [1.165, 1.54) is 4.88 Å². The normalized spacial score (nSPS) is 11.4. The number of para-hydroxylation sites is 1. The van der Waals surface area contributed by atoms with Crippen LogP contribution in [0, 0.1) is 0 Å². The summed E-state index contributed by atoms with van der Waals surface area (Å²) in [5, 5.41) is 0. The number of nitrogens with two attached hydrogens (primary N) is 1. The zero-order valence-electron chi connectivity index (χ0n) is 11.8. The number of thiophene rings is 1. The first-order valence-electron chi connectivity index (χ1n) is 6.70. The highest BCUT2D eigenvalue weighted by Crippen LogP contribution is 2.30. The van der Waals surface area contributed by atoms with Gasteiger partial charge in [-0.2, -0.15) is 0 Å². The van der Waals surface area contributed by atoms with Crippen LogP contribution in [-0.2, 0) is 6.54 Å². The van der Waals surface area contributed by atoms with Crippen molar-refractivity contribution >= 4 is 44.2 Å². The van der Waals surface area contributed by atoms with Crippen molar-refractivity contribution in [2.75, 3.05) is 5.73 Å². The standard InChI is InChI=1S/C15H16BrN3OS/c1-9(2)20-12-5-3-4-11-14(12)18-15(17)19(11)8-10-6-7-13(16)21-10/h3-7,9H,8H2,1-2H3,(H2,17,18). The van der Waals surface area contributed by atoms with Gasteiger partial charge in [-0.15, -0.1) is 11.3 Å². The first-order valence-corrected chi connectivity index (χ1v) is 8.31. The van der Waals surface area contributed by atoms with Gasteiger partial charge in [0.25, 0.3) is 0 Å². The Labute approximate surface area is 135 Å². The molecule has 4 nitrogen and oxygen atoms in total. The van der Waals surface area contributed by atoms with Crippen molar-refractivity contribution in [3.8, 4) is 5.75 Å². The molecule has 0 aliphatic heterocycles. The lowest BCUT2D eigenvalue weighted by Crippen LogP contribution is -2.06. The molecule has 0 amide bonds. The summed E-state index contributed by atoms with van der Waals surface area (Å²) in [4.78, 5) is 5.70. The number of aromatic nitrogens is 2. The van der Waals surface area contributed by atoms with Crippen LogP contribution in [0.25, 0.3) is 11.0 Å². The quantitative estimate of drug-likeness (QED) is 0.750. The third kappa shape index (κ3) is 2.91. The molecule has 3 rings (SSSR count). The Hall–Kier alpha value is -1.53. The average Bonchev–Trinajstić information content (AvgIpc) is 2.96. The van der Waals surface area contributed by atoms with Crippen molar-refractivity contribution in [1.29, 1.82) is 0 Å². The molecule has 21 heavy (non-hydrogen) atoms. The molecule has 0 bridgehead atoms. The van der Waals surface area contributed by atoms with E-state index in [-0.39, 0.29) is 6.10 Å². The number of nitrogen functional groups attached to an aromatic ring is 1.